The normalized spacial score (nSPS) is 18.7. The summed E-state index contributed by atoms with van der Waals surface area (Å²) in [6, 6.07) is 0.643. The molecular formula is C16H34N2. The number of unbranched alkanes of at least 4 members (excludes halogenated alkanes) is 3. The highest BCUT2D eigenvalue weighted by Gasteiger charge is 2.16. The SMILES string of the molecule is CCC1CCN(CCCCCCNC(C)C)CC1. The lowest BCUT2D eigenvalue weighted by molar-refractivity contribution is 0.179. The van der Waals surface area contributed by atoms with Crippen molar-refractivity contribution < 1.29 is 0 Å². The highest BCUT2D eigenvalue weighted by Crippen LogP contribution is 2.20. The van der Waals surface area contributed by atoms with Crippen molar-refractivity contribution in [2.75, 3.05) is 26.2 Å². The molecule has 0 aliphatic carbocycles. The smallest absolute Gasteiger partial charge is 0.00103 e. The summed E-state index contributed by atoms with van der Waals surface area (Å²) < 4.78 is 0. The van der Waals surface area contributed by atoms with Crippen LogP contribution in [0.1, 0.15) is 65.7 Å². The number of likely N-dealkylation sites (tertiary alicyclic amines) is 1. The Bertz CT molecular complexity index is 184. The van der Waals surface area contributed by atoms with E-state index < -0.39 is 0 Å². The first-order valence-corrected chi connectivity index (χ1v) is 8.18. The second-order valence-electron chi connectivity index (χ2n) is 6.22. The van der Waals surface area contributed by atoms with Crippen LogP contribution in [0.3, 0.4) is 0 Å². The largest absolute Gasteiger partial charge is 0.315 e. The van der Waals surface area contributed by atoms with Gasteiger partial charge in [-0.1, -0.05) is 40.0 Å². The lowest BCUT2D eigenvalue weighted by Gasteiger charge is -2.31. The van der Waals surface area contributed by atoms with Gasteiger partial charge in [0.1, 0.15) is 0 Å². The summed E-state index contributed by atoms with van der Waals surface area (Å²) in [5.41, 5.74) is 0. The van der Waals surface area contributed by atoms with Gasteiger partial charge in [-0.15, -0.1) is 0 Å². The molecule has 0 aromatic heterocycles. The molecule has 0 radical (unpaired) electrons. The summed E-state index contributed by atoms with van der Waals surface area (Å²) in [4.78, 5) is 2.68. The maximum atomic E-state index is 3.49. The Balaban J connectivity index is 1.86. The Kier molecular flexibility index (Phi) is 8.70. The Labute approximate surface area is 115 Å². The van der Waals surface area contributed by atoms with Crippen LogP contribution in [0.25, 0.3) is 0 Å². The predicted octanol–water partition coefficient (Wildman–Crippen LogP) is 3.67. The third-order valence-corrected chi connectivity index (χ3v) is 4.24. The summed E-state index contributed by atoms with van der Waals surface area (Å²) in [5, 5.41) is 3.49. The minimum atomic E-state index is 0.643. The molecule has 0 amide bonds. The summed E-state index contributed by atoms with van der Waals surface area (Å²) in [6.07, 6.45) is 9.81. The van der Waals surface area contributed by atoms with Crippen LogP contribution in [0.15, 0.2) is 0 Å². The molecule has 0 unspecified atom stereocenters. The second kappa shape index (κ2) is 9.80. The molecule has 1 aliphatic heterocycles. The van der Waals surface area contributed by atoms with E-state index in [1.54, 1.807) is 0 Å². The molecule has 0 saturated carbocycles. The summed E-state index contributed by atoms with van der Waals surface area (Å²) in [7, 11) is 0. The zero-order chi connectivity index (χ0) is 13.2. The maximum Gasteiger partial charge on any atom is 0.00103 e. The van der Waals surface area contributed by atoms with Crippen molar-refractivity contribution in [3.8, 4) is 0 Å². The molecule has 1 fully saturated rings. The van der Waals surface area contributed by atoms with Gasteiger partial charge >= 0.3 is 0 Å². The molecule has 2 heteroatoms. The molecule has 0 bridgehead atoms. The average molecular weight is 254 g/mol. The minimum absolute atomic E-state index is 0.643. The number of piperidine rings is 1. The standard InChI is InChI=1S/C16H34N2/c1-4-16-9-13-18(14-10-16)12-8-6-5-7-11-17-15(2)3/h15-17H,4-14H2,1-3H3. The molecule has 18 heavy (non-hydrogen) atoms. The zero-order valence-electron chi connectivity index (χ0n) is 12.9. The van der Waals surface area contributed by atoms with Crippen LogP contribution in [-0.2, 0) is 0 Å². The van der Waals surface area contributed by atoms with Crippen LogP contribution in [0, 0.1) is 5.92 Å². The maximum absolute atomic E-state index is 3.49. The van der Waals surface area contributed by atoms with Gasteiger partial charge in [0, 0.05) is 6.04 Å². The van der Waals surface area contributed by atoms with Crippen LogP contribution < -0.4 is 5.32 Å². The average Bonchev–Trinajstić information content (AvgIpc) is 2.38. The molecule has 2 nitrogen and oxygen atoms in total. The van der Waals surface area contributed by atoms with Gasteiger partial charge in [-0.2, -0.15) is 0 Å². The molecule has 108 valence electrons. The molecule has 1 heterocycles. The topological polar surface area (TPSA) is 15.3 Å². The highest BCUT2D eigenvalue weighted by atomic mass is 15.1. The Morgan fingerprint density at radius 3 is 2.33 bits per heavy atom. The lowest BCUT2D eigenvalue weighted by Crippen LogP contribution is -2.34. The summed E-state index contributed by atoms with van der Waals surface area (Å²) >= 11 is 0. The van der Waals surface area contributed by atoms with Crippen LogP contribution in [0.2, 0.25) is 0 Å². The monoisotopic (exact) mass is 254 g/mol. The van der Waals surface area contributed by atoms with Crippen molar-refractivity contribution in [1.82, 2.24) is 10.2 Å². The first kappa shape index (κ1) is 16.0. The zero-order valence-corrected chi connectivity index (χ0v) is 12.9. The molecule has 0 aromatic carbocycles. The van der Waals surface area contributed by atoms with E-state index in [2.05, 4.69) is 31.0 Å². The van der Waals surface area contributed by atoms with Crippen molar-refractivity contribution in [3.63, 3.8) is 0 Å². The number of hydrogen-bond acceptors (Lipinski definition) is 2. The first-order valence-electron chi connectivity index (χ1n) is 8.18. The van der Waals surface area contributed by atoms with Crippen LogP contribution in [0.5, 0.6) is 0 Å². The quantitative estimate of drug-likeness (QED) is 0.632. The Morgan fingerprint density at radius 2 is 1.72 bits per heavy atom. The third kappa shape index (κ3) is 7.38. The van der Waals surface area contributed by atoms with E-state index in [0.29, 0.717) is 6.04 Å². The number of nitrogens with zero attached hydrogens (tertiary/aromatic N) is 1. The molecule has 1 N–H and O–H groups in total. The van der Waals surface area contributed by atoms with E-state index >= 15 is 0 Å². The lowest BCUT2D eigenvalue weighted by atomic mass is 9.94. The number of rotatable bonds is 9. The number of nitrogens with one attached hydrogen (secondary N) is 1. The van der Waals surface area contributed by atoms with Gasteiger partial charge in [0.25, 0.3) is 0 Å². The molecule has 0 aromatic rings. The second-order valence-corrected chi connectivity index (χ2v) is 6.22. The van der Waals surface area contributed by atoms with Gasteiger partial charge in [-0.05, 0) is 57.8 Å². The van der Waals surface area contributed by atoms with E-state index in [1.165, 1.54) is 71.1 Å². The fraction of sp³-hybridized carbons (Fsp3) is 1.00. The first-order chi connectivity index (χ1) is 8.72. The van der Waals surface area contributed by atoms with Crippen molar-refractivity contribution in [1.29, 1.82) is 0 Å². The minimum Gasteiger partial charge on any atom is -0.315 e. The summed E-state index contributed by atoms with van der Waals surface area (Å²) in [6.45, 7) is 12.0. The van der Waals surface area contributed by atoms with Crippen LogP contribution in [-0.4, -0.2) is 37.1 Å². The van der Waals surface area contributed by atoms with Crippen molar-refractivity contribution >= 4 is 0 Å². The van der Waals surface area contributed by atoms with Crippen molar-refractivity contribution in [3.05, 3.63) is 0 Å². The van der Waals surface area contributed by atoms with E-state index in [-0.39, 0.29) is 0 Å². The van der Waals surface area contributed by atoms with Gasteiger partial charge in [0.15, 0.2) is 0 Å². The van der Waals surface area contributed by atoms with Gasteiger partial charge in [-0.25, -0.2) is 0 Å². The van der Waals surface area contributed by atoms with Gasteiger partial charge in [-0.3, -0.25) is 0 Å². The van der Waals surface area contributed by atoms with Crippen molar-refractivity contribution in [2.45, 2.75) is 71.8 Å². The molecule has 1 saturated heterocycles. The Morgan fingerprint density at radius 1 is 1.06 bits per heavy atom. The Hall–Kier alpha value is -0.0800. The van der Waals surface area contributed by atoms with E-state index in [4.69, 9.17) is 0 Å². The van der Waals surface area contributed by atoms with Crippen LogP contribution >= 0.6 is 0 Å². The van der Waals surface area contributed by atoms with E-state index in [0.717, 1.165) is 5.92 Å². The fourth-order valence-electron chi connectivity index (χ4n) is 2.82. The third-order valence-electron chi connectivity index (χ3n) is 4.24. The number of hydrogen-bond donors (Lipinski definition) is 1. The molecule has 0 atom stereocenters. The fourth-order valence-corrected chi connectivity index (χ4v) is 2.82. The highest BCUT2D eigenvalue weighted by molar-refractivity contribution is 4.71. The molecule has 1 aliphatic rings. The van der Waals surface area contributed by atoms with Crippen molar-refractivity contribution in [2.24, 2.45) is 5.92 Å². The molecule has 0 spiro atoms. The summed E-state index contributed by atoms with van der Waals surface area (Å²) in [5.74, 6) is 1.02. The van der Waals surface area contributed by atoms with Crippen LogP contribution in [0.4, 0.5) is 0 Å². The predicted molar refractivity (Wildman–Crippen MR) is 81.1 cm³/mol. The van der Waals surface area contributed by atoms with Gasteiger partial charge in [0.2, 0.25) is 0 Å². The van der Waals surface area contributed by atoms with E-state index in [9.17, 15) is 0 Å². The molecular weight excluding hydrogens is 220 g/mol. The van der Waals surface area contributed by atoms with E-state index in [1.807, 2.05) is 0 Å². The molecule has 1 rings (SSSR count). The van der Waals surface area contributed by atoms with Gasteiger partial charge < -0.3 is 10.2 Å². The van der Waals surface area contributed by atoms with Gasteiger partial charge in [0.05, 0.1) is 0 Å².